The number of benzene rings is 1. The highest BCUT2D eigenvalue weighted by Gasteiger charge is 2.43. The lowest BCUT2D eigenvalue weighted by molar-refractivity contribution is -0.154. The van der Waals surface area contributed by atoms with Crippen LogP contribution in [-0.4, -0.2) is 48.6 Å². The fraction of sp³-hybridized carbons (Fsp3) is 0.500. The topological polar surface area (TPSA) is 94.9 Å². The lowest BCUT2D eigenvalue weighted by Gasteiger charge is -2.36. The first kappa shape index (κ1) is 15.9. The number of aryl methyl sites for hydroxylation is 1. The molecule has 0 amide bonds. The van der Waals surface area contributed by atoms with Gasteiger partial charge in [-0.15, -0.1) is 0 Å². The van der Waals surface area contributed by atoms with Gasteiger partial charge in [0.2, 0.25) is 10.0 Å². The first-order chi connectivity index (χ1) is 9.82. The molecule has 0 radical (unpaired) electrons. The van der Waals surface area contributed by atoms with E-state index in [9.17, 15) is 23.4 Å². The number of nitrogens with zero attached hydrogens (tertiary/aromatic N) is 1. The molecule has 1 aliphatic heterocycles. The van der Waals surface area contributed by atoms with E-state index in [1.165, 1.54) is 4.31 Å². The lowest BCUT2D eigenvalue weighted by atomic mass is 9.80. The van der Waals surface area contributed by atoms with E-state index >= 15 is 0 Å². The van der Waals surface area contributed by atoms with Crippen LogP contribution in [0, 0.1) is 12.3 Å². The van der Waals surface area contributed by atoms with Gasteiger partial charge in [-0.2, -0.15) is 4.31 Å². The zero-order valence-electron chi connectivity index (χ0n) is 11.8. The molecule has 1 heterocycles. The highest BCUT2D eigenvalue weighted by Crippen LogP contribution is 2.33. The summed E-state index contributed by atoms with van der Waals surface area (Å²) < 4.78 is 26.3. The van der Waals surface area contributed by atoms with E-state index in [4.69, 9.17) is 0 Å². The molecular weight excluding hydrogens is 294 g/mol. The van der Waals surface area contributed by atoms with Crippen LogP contribution in [0.15, 0.2) is 29.2 Å². The van der Waals surface area contributed by atoms with Crippen LogP contribution in [0.4, 0.5) is 0 Å². The summed E-state index contributed by atoms with van der Waals surface area (Å²) in [6.07, 6.45) is 0.230. The van der Waals surface area contributed by atoms with Crippen LogP contribution in [0.3, 0.4) is 0 Å². The van der Waals surface area contributed by atoms with Crippen molar-refractivity contribution in [3.63, 3.8) is 0 Å². The molecule has 2 N–H and O–H groups in total. The second kappa shape index (κ2) is 5.75. The number of rotatable bonds is 4. The lowest BCUT2D eigenvalue weighted by Crippen LogP contribution is -2.48. The zero-order valence-corrected chi connectivity index (χ0v) is 12.6. The van der Waals surface area contributed by atoms with Gasteiger partial charge < -0.3 is 10.2 Å². The molecule has 1 fully saturated rings. The molecule has 1 aliphatic rings. The predicted octanol–water partition coefficient (Wildman–Crippen LogP) is 0.843. The summed E-state index contributed by atoms with van der Waals surface area (Å²) in [5, 5.41) is 18.5. The zero-order chi connectivity index (χ0) is 15.7. The van der Waals surface area contributed by atoms with Gasteiger partial charge in [0.1, 0.15) is 0 Å². The van der Waals surface area contributed by atoms with Crippen LogP contribution in [0.2, 0.25) is 0 Å². The predicted molar refractivity (Wildman–Crippen MR) is 76.3 cm³/mol. The van der Waals surface area contributed by atoms with Crippen molar-refractivity contribution in [2.75, 3.05) is 19.7 Å². The summed E-state index contributed by atoms with van der Waals surface area (Å²) in [5.41, 5.74) is -0.253. The van der Waals surface area contributed by atoms with Gasteiger partial charge in [-0.1, -0.05) is 17.7 Å². The fourth-order valence-electron chi connectivity index (χ4n) is 2.45. The standard InChI is InChI=1S/C14H19NO5S/c1-11-2-4-12(5-3-11)21(19,20)15-8-6-14(10-16,7-9-15)13(17)18/h2-5,16H,6-10H2,1H3,(H,17,18). The fourth-order valence-corrected chi connectivity index (χ4v) is 3.89. The van der Waals surface area contributed by atoms with Gasteiger partial charge in [0, 0.05) is 13.1 Å². The van der Waals surface area contributed by atoms with Crippen LogP contribution < -0.4 is 0 Å². The minimum absolute atomic E-state index is 0.100. The largest absolute Gasteiger partial charge is 0.481 e. The van der Waals surface area contributed by atoms with Crippen molar-refractivity contribution in [3.05, 3.63) is 29.8 Å². The SMILES string of the molecule is Cc1ccc(S(=O)(=O)N2CCC(CO)(C(=O)O)CC2)cc1. The van der Waals surface area contributed by atoms with Gasteiger partial charge in [0.05, 0.1) is 16.9 Å². The monoisotopic (exact) mass is 313 g/mol. The van der Waals surface area contributed by atoms with E-state index in [0.717, 1.165) is 5.56 Å². The summed E-state index contributed by atoms with van der Waals surface area (Å²) in [6, 6.07) is 6.56. The molecule has 0 saturated carbocycles. The first-order valence-corrected chi connectivity index (χ1v) is 8.17. The number of aliphatic hydroxyl groups is 1. The Bertz CT molecular complexity index is 615. The summed E-state index contributed by atoms with van der Waals surface area (Å²) in [4.78, 5) is 11.5. The van der Waals surface area contributed by atoms with E-state index < -0.39 is 28.0 Å². The molecule has 0 atom stereocenters. The molecule has 6 nitrogen and oxygen atoms in total. The third-order valence-electron chi connectivity index (χ3n) is 4.09. The smallest absolute Gasteiger partial charge is 0.312 e. The van der Waals surface area contributed by atoms with Gasteiger partial charge in [-0.05, 0) is 31.9 Å². The van der Waals surface area contributed by atoms with Crippen LogP contribution in [-0.2, 0) is 14.8 Å². The van der Waals surface area contributed by atoms with E-state index in [2.05, 4.69) is 0 Å². The molecule has 0 spiro atoms. The Balaban J connectivity index is 2.18. The van der Waals surface area contributed by atoms with Gasteiger partial charge in [-0.25, -0.2) is 8.42 Å². The molecule has 0 aromatic heterocycles. The number of carboxylic acids is 1. The Morgan fingerprint density at radius 1 is 1.24 bits per heavy atom. The van der Waals surface area contributed by atoms with Crippen LogP contribution in [0.5, 0.6) is 0 Å². The Labute approximate surface area is 124 Å². The molecule has 116 valence electrons. The number of carboxylic acid groups (broad SMARTS) is 1. The Morgan fingerprint density at radius 3 is 2.19 bits per heavy atom. The average Bonchev–Trinajstić information content (AvgIpc) is 2.47. The Hall–Kier alpha value is -1.44. The Kier molecular flexibility index (Phi) is 4.36. The highest BCUT2D eigenvalue weighted by atomic mass is 32.2. The summed E-state index contributed by atoms with van der Waals surface area (Å²) >= 11 is 0. The summed E-state index contributed by atoms with van der Waals surface area (Å²) in [7, 11) is -3.60. The molecule has 0 unspecified atom stereocenters. The molecule has 2 rings (SSSR count). The number of carbonyl (C=O) groups is 1. The Morgan fingerprint density at radius 2 is 1.76 bits per heavy atom. The third-order valence-corrected chi connectivity index (χ3v) is 6.01. The molecule has 1 aromatic carbocycles. The average molecular weight is 313 g/mol. The number of piperidine rings is 1. The second-order valence-electron chi connectivity index (χ2n) is 5.46. The first-order valence-electron chi connectivity index (χ1n) is 6.73. The molecule has 7 heteroatoms. The maximum Gasteiger partial charge on any atom is 0.312 e. The van der Waals surface area contributed by atoms with Crippen LogP contribution in [0.1, 0.15) is 18.4 Å². The number of aliphatic carboxylic acids is 1. The minimum Gasteiger partial charge on any atom is -0.481 e. The van der Waals surface area contributed by atoms with Gasteiger partial charge >= 0.3 is 5.97 Å². The quantitative estimate of drug-likeness (QED) is 0.859. The normalized spacial score (nSPS) is 19.3. The summed E-state index contributed by atoms with van der Waals surface area (Å²) in [6.45, 7) is 1.60. The maximum absolute atomic E-state index is 12.5. The van der Waals surface area contributed by atoms with E-state index in [-0.39, 0.29) is 30.8 Å². The van der Waals surface area contributed by atoms with Crippen molar-refractivity contribution in [2.24, 2.45) is 5.41 Å². The third kappa shape index (κ3) is 2.95. The molecular formula is C14H19NO5S. The molecule has 1 aromatic rings. The van der Waals surface area contributed by atoms with Crippen molar-refractivity contribution in [3.8, 4) is 0 Å². The van der Waals surface area contributed by atoms with E-state index in [1.54, 1.807) is 24.3 Å². The molecule has 21 heavy (non-hydrogen) atoms. The van der Waals surface area contributed by atoms with Crippen LogP contribution >= 0.6 is 0 Å². The molecule has 1 saturated heterocycles. The molecule has 0 bridgehead atoms. The maximum atomic E-state index is 12.5. The van der Waals surface area contributed by atoms with Crippen molar-refractivity contribution < 1.29 is 23.4 Å². The van der Waals surface area contributed by atoms with Crippen molar-refractivity contribution in [1.29, 1.82) is 0 Å². The summed E-state index contributed by atoms with van der Waals surface area (Å²) in [5.74, 6) is -1.07. The van der Waals surface area contributed by atoms with Gasteiger partial charge in [0.15, 0.2) is 0 Å². The minimum atomic E-state index is -3.60. The highest BCUT2D eigenvalue weighted by molar-refractivity contribution is 7.89. The second-order valence-corrected chi connectivity index (χ2v) is 7.40. The van der Waals surface area contributed by atoms with Gasteiger partial charge in [-0.3, -0.25) is 4.79 Å². The number of hydrogen-bond acceptors (Lipinski definition) is 4. The number of sulfonamides is 1. The van der Waals surface area contributed by atoms with Crippen molar-refractivity contribution >= 4 is 16.0 Å². The van der Waals surface area contributed by atoms with Crippen LogP contribution in [0.25, 0.3) is 0 Å². The van der Waals surface area contributed by atoms with Crippen molar-refractivity contribution in [1.82, 2.24) is 4.31 Å². The van der Waals surface area contributed by atoms with E-state index in [1.807, 2.05) is 6.92 Å². The molecule has 0 aliphatic carbocycles. The van der Waals surface area contributed by atoms with Gasteiger partial charge in [0.25, 0.3) is 0 Å². The van der Waals surface area contributed by atoms with E-state index in [0.29, 0.717) is 0 Å². The number of aliphatic hydroxyl groups excluding tert-OH is 1. The van der Waals surface area contributed by atoms with Crippen molar-refractivity contribution in [2.45, 2.75) is 24.7 Å². The number of hydrogen-bond donors (Lipinski definition) is 2.